The molecule has 6 nitrogen and oxygen atoms in total. The number of nitrogens with zero attached hydrogens (tertiary/aromatic N) is 2. The van der Waals surface area contributed by atoms with Crippen LogP contribution in [-0.2, 0) is 9.53 Å². The molecule has 1 N–H and O–H groups in total. The second-order valence-electron chi connectivity index (χ2n) is 5.33. The van der Waals surface area contributed by atoms with Gasteiger partial charge in [0, 0.05) is 12.4 Å². The van der Waals surface area contributed by atoms with Crippen molar-refractivity contribution < 1.29 is 36.3 Å². The lowest BCUT2D eigenvalue weighted by molar-refractivity contribution is -0.119. The van der Waals surface area contributed by atoms with Crippen LogP contribution < -0.4 is 5.32 Å². The molecule has 0 fully saturated rings. The first-order valence-corrected chi connectivity index (χ1v) is 7.48. The highest BCUT2D eigenvalue weighted by Gasteiger charge is 2.27. The first-order valence-electron chi connectivity index (χ1n) is 7.48. The summed E-state index contributed by atoms with van der Waals surface area (Å²) in [5.74, 6) is -13.5. The average Bonchev–Trinajstić information content (AvgIpc) is 2.71. The van der Waals surface area contributed by atoms with Gasteiger partial charge in [-0.05, 0) is 18.2 Å². The summed E-state index contributed by atoms with van der Waals surface area (Å²) in [5.41, 5.74) is -0.652. The van der Waals surface area contributed by atoms with Crippen LogP contribution in [-0.4, -0.2) is 28.5 Å². The Hall–Kier alpha value is -3.63. The molecular weight excluding hydrogens is 389 g/mol. The van der Waals surface area contributed by atoms with E-state index in [-0.39, 0.29) is 5.56 Å². The van der Waals surface area contributed by atoms with Crippen LogP contribution in [0.4, 0.5) is 27.6 Å². The molecule has 3 rings (SSSR count). The third-order valence-corrected chi connectivity index (χ3v) is 3.51. The number of hydrogen-bond acceptors (Lipinski definition) is 5. The average molecular weight is 397 g/mol. The summed E-state index contributed by atoms with van der Waals surface area (Å²) in [4.78, 5) is 31.6. The maximum absolute atomic E-state index is 13.5. The van der Waals surface area contributed by atoms with Gasteiger partial charge in [-0.3, -0.25) is 14.8 Å². The number of anilines is 1. The van der Waals surface area contributed by atoms with Crippen molar-refractivity contribution in [2.24, 2.45) is 0 Å². The standard InChI is InChI=1S/C17H8F5N3O3/c18-11-12(19)14(21)16(15(22)13(11)20)25-10(26)6-28-17(27)7-1-2-8-9(5-7)24-4-3-23-8/h1-5H,6H2,(H,25,26). The third-order valence-electron chi connectivity index (χ3n) is 3.51. The summed E-state index contributed by atoms with van der Waals surface area (Å²) in [6, 6.07) is 4.17. The van der Waals surface area contributed by atoms with Gasteiger partial charge >= 0.3 is 5.97 Å². The quantitative estimate of drug-likeness (QED) is 0.317. The van der Waals surface area contributed by atoms with E-state index in [9.17, 15) is 31.5 Å². The molecule has 2 aromatic carbocycles. The Labute approximate surface area is 153 Å². The van der Waals surface area contributed by atoms with E-state index in [2.05, 4.69) is 14.7 Å². The van der Waals surface area contributed by atoms with Crippen molar-refractivity contribution in [1.82, 2.24) is 9.97 Å². The minimum absolute atomic E-state index is 0.0111. The van der Waals surface area contributed by atoms with Gasteiger partial charge in [-0.1, -0.05) is 0 Å². The van der Waals surface area contributed by atoms with Crippen molar-refractivity contribution in [2.45, 2.75) is 0 Å². The molecule has 11 heteroatoms. The number of rotatable bonds is 4. The summed E-state index contributed by atoms with van der Waals surface area (Å²) >= 11 is 0. The molecule has 0 aliphatic heterocycles. The van der Waals surface area contributed by atoms with E-state index in [0.717, 1.165) is 0 Å². The molecule has 0 spiro atoms. The molecule has 28 heavy (non-hydrogen) atoms. The van der Waals surface area contributed by atoms with Gasteiger partial charge in [-0.25, -0.2) is 26.7 Å². The Morgan fingerprint density at radius 3 is 2.07 bits per heavy atom. The molecule has 0 unspecified atom stereocenters. The number of nitrogens with one attached hydrogen (secondary N) is 1. The van der Waals surface area contributed by atoms with Crippen molar-refractivity contribution in [3.8, 4) is 0 Å². The van der Waals surface area contributed by atoms with Crippen LogP contribution in [0.2, 0.25) is 0 Å². The largest absolute Gasteiger partial charge is 0.452 e. The topological polar surface area (TPSA) is 81.2 Å². The number of hydrogen-bond donors (Lipinski definition) is 1. The Morgan fingerprint density at radius 1 is 0.857 bits per heavy atom. The van der Waals surface area contributed by atoms with E-state index in [0.29, 0.717) is 11.0 Å². The van der Waals surface area contributed by atoms with Gasteiger partial charge in [0.15, 0.2) is 29.9 Å². The molecule has 0 aliphatic rings. The van der Waals surface area contributed by atoms with Crippen molar-refractivity contribution in [3.05, 3.63) is 65.2 Å². The van der Waals surface area contributed by atoms with E-state index in [1.165, 1.54) is 35.9 Å². The monoisotopic (exact) mass is 397 g/mol. The molecule has 3 aromatic rings. The fraction of sp³-hybridized carbons (Fsp3) is 0.0588. The number of esters is 1. The number of halogens is 5. The van der Waals surface area contributed by atoms with E-state index in [1.807, 2.05) is 0 Å². The fourth-order valence-electron chi connectivity index (χ4n) is 2.19. The van der Waals surface area contributed by atoms with Crippen LogP contribution in [0.1, 0.15) is 10.4 Å². The zero-order chi connectivity index (χ0) is 20.4. The van der Waals surface area contributed by atoms with Gasteiger partial charge in [0.05, 0.1) is 16.6 Å². The first-order chi connectivity index (χ1) is 13.3. The highest BCUT2D eigenvalue weighted by Crippen LogP contribution is 2.27. The molecule has 0 bridgehead atoms. The predicted molar refractivity (Wildman–Crippen MR) is 84.7 cm³/mol. The van der Waals surface area contributed by atoms with Crippen LogP contribution in [0.5, 0.6) is 0 Å². The van der Waals surface area contributed by atoms with Gasteiger partial charge in [0.1, 0.15) is 5.69 Å². The van der Waals surface area contributed by atoms with Crippen molar-refractivity contribution >= 4 is 28.6 Å². The van der Waals surface area contributed by atoms with Crippen molar-refractivity contribution in [2.75, 3.05) is 11.9 Å². The zero-order valence-electron chi connectivity index (χ0n) is 13.6. The number of amides is 1. The fourth-order valence-corrected chi connectivity index (χ4v) is 2.19. The Kier molecular flexibility index (Phi) is 5.16. The number of carbonyl (C=O) groups is 2. The van der Waals surface area contributed by atoms with Crippen LogP contribution >= 0.6 is 0 Å². The molecule has 144 valence electrons. The summed E-state index contributed by atoms with van der Waals surface area (Å²) in [6.07, 6.45) is 2.85. The summed E-state index contributed by atoms with van der Waals surface area (Å²) in [6.45, 7) is -1.03. The smallest absolute Gasteiger partial charge is 0.338 e. The molecule has 0 radical (unpaired) electrons. The van der Waals surface area contributed by atoms with Crippen LogP contribution in [0.25, 0.3) is 11.0 Å². The summed E-state index contributed by atoms with van der Waals surface area (Å²) in [5, 5.41) is 1.49. The van der Waals surface area contributed by atoms with E-state index in [4.69, 9.17) is 0 Å². The minimum atomic E-state index is -2.36. The van der Waals surface area contributed by atoms with Gasteiger partial charge in [-0.2, -0.15) is 0 Å². The summed E-state index contributed by atoms with van der Waals surface area (Å²) in [7, 11) is 0. The SMILES string of the molecule is O=C(COC(=O)c1ccc2nccnc2c1)Nc1c(F)c(F)c(F)c(F)c1F. The Bertz CT molecular complexity index is 1080. The Morgan fingerprint density at radius 2 is 1.43 bits per heavy atom. The molecule has 1 aromatic heterocycles. The maximum atomic E-state index is 13.5. The highest BCUT2D eigenvalue weighted by molar-refractivity contribution is 5.97. The molecule has 0 saturated heterocycles. The molecular formula is C17H8F5N3O3. The van der Waals surface area contributed by atoms with E-state index >= 15 is 0 Å². The summed E-state index contributed by atoms with van der Waals surface area (Å²) < 4.78 is 70.9. The second kappa shape index (κ2) is 7.55. The number of benzene rings is 2. The van der Waals surface area contributed by atoms with Gasteiger partial charge in [0.2, 0.25) is 5.82 Å². The second-order valence-corrected chi connectivity index (χ2v) is 5.33. The molecule has 0 saturated carbocycles. The zero-order valence-corrected chi connectivity index (χ0v) is 13.6. The van der Waals surface area contributed by atoms with Gasteiger partial charge in [-0.15, -0.1) is 0 Å². The minimum Gasteiger partial charge on any atom is -0.452 e. The van der Waals surface area contributed by atoms with Gasteiger partial charge in [0.25, 0.3) is 5.91 Å². The number of ether oxygens (including phenoxy) is 1. The van der Waals surface area contributed by atoms with Gasteiger partial charge < -0.3 is 10.1 Å². The lowest BCUT2D eigenvalue weighted by atomic mass is 10.2. The Balaban J connectivity index is 1.69. The maximum Gasteiger partial charge on any atom is 0.338 e. The number of fused-ring (bicyclic) bond motifs is 1. The van der Waals surface area contributed by atoms with Crippen molar-refractivity contribution in [3.63, 3.8) is 0 Å². The van der Waals surface area contributed by atoms with E-state index < -0.39 is 53.3 Å². The predicted octanol–water partition coefficient (Wildman–Crippen LogP) is 3.12. The number of aromatic nitrogens is 2. The third kappa shape index (κ3) is 3.59. The molecule has 0 aliphatic carbocycles. The van der Waals surface area contributed by atoms with E-state index in [1.54, 1.807) is 0 Å². The first kappa shape index (κ1) is 19.1. The normalized spacial score (nSPS) is 10.8. The molecule has 0 atom stereocenters. The molecule has 1 amide bonds. The van der Waals surface area contributed by atoms with Crippen LogP contribution in [0.15, 0.2) is 30.6 Å². The van der Waals surface area contributed by atoms with Crippen molar-refractivity contribution in [1.29, 1.82) is 0 Å². The number of carbonyl (C=O) groups excluding carboxylic acids is 2. The lowest BCUT2D eigenvalue weighted by Crippen LogP contribution is -2.23. The van der Waals surface area contributed by atoms with Crippen LogP contribution in [0.3, 0.4) is 0 Å². The lowest BCUT2D eigenvalue weighted by Gasteiger charge is -2.10. The van der Waals surface area contributed by atoms with Crippen LogP contribution in [0, 0.1) is 29.1 Å². The molecule has 1 heterocycles. The highest BCUT2D eigenvalue weighted by atomic mass is 19.2.